The molecule has 0 bridgehead atoms. The van der Waals surface area contributed by atoms with E-state index in [0.717, 1.165) is 63.9 Å². The van der Waals surface area contributed by atoms with Crippen LogP contribution in [0.25, 0.3) is 10.9 Å². The van der Waals surface area contributed by atoms with E-state index in [-0.39, 0.29) is 35.5 Å². The first kappa shape index (κ1) is 34.0. The van der Waals surface area contributed by atoms with Crippen molar-refractivity contribution in [2.75, 3.05) is 56.3 Å². The average Bonchev–Trinajstić information content (AvgIpc) is 3.38. The molecule has 3 aliphatic rings. The highest BCUT2D eigenvalue weighted by molar-refractivity contribution is 7.90. The van der Waals surface area contributed by atoms with E-state index in [1.165, 1.54) is 35.6 Å². The van der Waals surface area contributed by atoms with Crippen molar-refractivity contribution in [1.82, 2.24) is 9.47 Å². The van der Waals surface area contributed by atoms with E-state index in [4.69, 9.17) is 14.7 Å². The van der Waals surface area contributed by atoms with Gasteiger partial charge in [0.25, 0.3) is 0 Å². The summed E-state index contributed by atoms with van der Waals surface area (Å²) >= 11 is 0. The van der Waals surface area contributed by atoms with Crippen molar-refractivity contribution >= 4 is 32.1 Å². The fraction of sp³-hybridized carbons (Fsp3) is 0.514. The van der Waals surface area contributed by atoms with Crippen LogP contribution in [-0.4, -0.2) is 81.9 Å². The minimum atomic E-state index is -4.45. The van der Waals surface area contributed by atoms with Gasteiger partial charge in [0, 0.05) is 40.9 Å². The highest BCUT2D eigenvalue weighted by atomic mass is 32.2. The maximum Gasteiger partial charge on any atom is 0.406 e. The van der Waals surface area contributed by atoms with Gasteiger partial charge in [-0.1, -0.05) is 12.0 Å². The number of hydrogen-bond donors (Lipinski definition) is 2. The summed E-state index contributed by atoms with van der Waals surface area (Å²) in [5.74, 6) is 5.95. The number of piperidine rings is 1. The molecule has 1 aliphatic carbocycles. The fourth-order valence-corrected chi connectivity index (χ4v) is 7.73. The number of likely N-dealkylation sites (tertiary alicyclic amines) is 1. The Balaban J connectivity index is 1.15. The number of nitriles is 1. The Bertz CT molecular complexity index is 1840. The summed E-state index contributed by atoms with van der Waals surface area (Å²) in [6.45, 7) is 2.63. The second kappa shape index (κ2) is 13.9. The highest BCUT2D eigenvalue weighted by Crippen LogP contribution is 2.40. The van der Waals surface area contributed by atoms with Crippen LogP contribution in [0.1, 0.15) is 44.2 Å². The summed E-state index contributed by atoms with van der Waals surface area (Å²) in [6.07, 6.45) is 3.22. The third-order valence-electron chi connectivity index (χ3n) is 9.79. The molecule has 3 heterocycles. The topological polar surface area (TPSA) is 109 Å². The van der Waals surface area contributed by atoms with E-state index in [9.17, 15) is 21.6 Å². The molecule has 48 heavy (non-hydrogen) atoms. The summed E-state index contributed by atoms with van der Waals surface area (Å²) < 4.78 is 77.2. The quantitative estimate of drug-likeness (QED) is 0.272. The van der Waals surface area contributed by atoms with Gasteiger partial charge in [-0.3, -0.25) is 0 Å². The third-order valence-corrected chi connectivity index (χ3v) is 10.9. The molecule has 0 unspecified atom stereocenters. The van der Waals surface area contributed by atoms with E-state index < -0.39 is 22.6 Å². The number of sulfone groups is 1. The monoisotopic (exact) mass is 683 g/mol. The zero-order valence-electron chi connectivity index (χ0n) is 26.9. The van der Waals surface area contributed by atoms with E-state index in [0.29, 0.717) is 28.0 Å². The normalized spacial score (nSPS) is 21.1. The number of anilines is 2. The van der Waals surface area contributed by atoms with Crippen molar-refractivity contribution in [3.63, 3.8) is 0 Å². The number of benzene rings is 2. The SMILES string of the molecule is CS(=O)(=O)c1ccc(NCC#Cc2cc3c(NC4CCC(N5CCC6(CC5)COC6)CC4)cccc3n2CC(F)(F)F)c(OCC#N)c1. The Hall–Kier alpha value is -3.91. The molecule has 2 saturated heterocycles. The second-order valence-electron chi connectivity index (χ2n) is 13.2. The second-order valence-corrected chi connectivity index (χ2v) is 15.2. The van der Waals surface area contributed by atoms with Gasteiger partial charge in [0.05, 0.1) is 41.6 Å². The summed E-state index contributed by atoms with van der Waals surface area (Å²) in [5, 5.41) is 16.3. The molecule has 3 fully saturated rings. The number of alkyl halides is 3. The van der Waals surface area contributed by atoms with Crippen LogP contribution >= 0.6 is 0 Å². The number of fused-ring (bicyclic) bond motifs is 1. The Morgan fingerprint density at radius 2 is 1.81 bits per heavy atom. The molecule has 1 spiro atoms. The van der Waals surface area contributed by atoms with E-state index in [2.05, 4.69) is 27.4 Å². The zero-order valence-corrected chi connectivity index (χ0v) is 27.7. The fourth-order valence-electron chi connectivity index (χ4n) is 7.09. The molecular weight excluding hydrogens is 643 g/mol. The van der Waals surface area contributed by atoms with Crippen LogP contribution in [0, 0.1) is 28.6 Å². The molecule has 9 nitrogen and oxygen atoms in total. The van der Waals surface area contributed by atoms with Gasteiger partial charge in [0.1, 0.15) is 18.4 Å². The van der Waals surface area contributed by atoms with Gasteiger partial charge in [0.2, 0.25) is 0 Å². The van der Waals surface area contributed by atoms with E-state index in [1.54, 1.807) is 18.2 Å². The van der Waals surface area contributed by atoms with Gasteiger partial charge in [-0.2, -0.15) is 18.4 Å². The maximum absolute atomic E-state index is 13.7. The first-order chi connectivity index (χ1) is 22.9. The molecule has 0 radical (unpaired) electrons. The Labute approximate surface area is 279 Å². The third kappa shape index (κ3) is 7.86. The number of ether oxygens (including phenoxy) is 2. The largest absolute Gasteiger partial charge is 0.477 e. The Morgan fingerprint density at radius 3 is 2.46 bits per heavy atom. The van der Waals surface area contributed by atoms with E-state index >= 15 is 0 Å². The lowest BCUT2D eigenvalue weighted by Crippen LogP contribution is -2.53. The lowest BCUT2D eigenvalue weighted by Gasteiger charge is -2.49. The summed E-state index contributed by atoms with van der Waals surface area (Å²) in [6, 6.07) is 14.0. The molecule has 13 heteroatoms. The molecule has 3 aromatic rings. The van der Waals surface area contributed by atoms with Gasteiger partial charge >= 0.3 is 6.18 Å². The Morgan fingerprint density at radius 1 is 1.06 bits per heavy atom. The highest BCUT2D eigenvalue weighted by Gasteiger charge is 2.42. The van der Waals surface area contributed by atoms with Crippen LogP contribution < -0.4 is 15.4 Å². The van der Waals surface area contributed by atoms with Crippen molar-refractivity contribution in [2.24, 2.45) is 5.41 Å². The minimum Gasteiger partial charge on any atom is -0.477 e. The van der Waals surface area contributed by atoms with Crippen molar-refractivity contribution in [3.05, 3.63) is 48.2 Å². The van der Waals surface area contributed by atoms with Crippen LogP contribution in [0.2, 0.25) is 0 Å². The number of hydrogen-bond acceptors (Lipinski definition) is 8. The molecule has 1 aromatic heterocycles. The molecule has 6 rings (SSSR count). The van der Waals surface area contributed by atoms with Gasteiger partial charge in [-0.25, -0.2) is 8.42 Å². The molecule has 1 saturated carbocycles. The van der Waals surface area contributed by atoms with Crippen LogP contribution in [0.3, 0.4) is 0 Å². The smallest absolute Gasteiger partial charge is 0.406 e. The van der Waals surface area contributed by atoms with Crippen LogP contribution in [0.4, 0.5) is 24.5 Å². The van der Waals surface area contributed by atoms with Crippen molar-refractivity contribution in [1.29, 1.82) is 5.26 Å². The molecule has 2 aromatic carbocycles. The lowest BCUT2D eigenvalue weighted by molar-refractivity contribution is -0.143. The predicted octanol–water partition coefficient (Wildman–Crippen LogP) is 5.81. The lowest BCUT2D eigenvalue weighted by atomic mass is 9.76. The first-order valence-electron chi connectivity index (χ1n) is 16.3. The zero-order chi connectivity index (χ0) is 33.9. The molecule has 2 N–H and O–H groups in total. The van der Waals surface area contributed by atoms with Crippen molar-refractivity contribution in [2.45, 2.75) is 68.2 Å². The number of nitrogens with zero attached hydrogens (tertiary/aromatic N) is 3. The van der Waals surface area contributed by atoms with E-state index in [1.807, 2.05) is 12.1 Å². The van der Waals surface area contributed by atoms with Crippen molar-refractivity contribution in [3.8, 4) is 23.7 Å². The van der Waals surface area contributed by atoms with Gasteiger partial charge in [0.15, 0.2) is 16.4 Å². The van der Waals surface area contributed by atoms with Crippen molar-refractivity contribution < 1.29 is 31.1 Å². The van der Waals surface area contributed by atoms with Crippen LogP contribution in [0.5, 0.6) is 5.75 Å². The standard InChI is InChI=1S/C35H40F3N5O4S/c1-48(44,45)28-11-12-31(33(21-28)47-19-15-39)40-16-3-4-27-20-29-30(5-2-6-32(29)43(27)22-35(36,37)38)41-25-7-9-26(10-8-25)42-17-13-34(14-18-42)23-46-24-34/h2,5-6,11-12,20-21,25-26,40-41H,7-10,13-14,16-19,22-24H2,1H3. The summed E-state index contributed by atoms with van der Waals surface area (Å²) in [4.78, 5) is 2.67. The van der Waals surface area contributed by atoms with Gasteiger partial charge in [-0.05, 0) is 87.9 Å². The number of halogens is 3. The molecule has 0 amide bonds. The number of rotatable bonds is 9. The Kier molecular flexibility index (Phi) is 9.84. The van der Waals surface area contributed by atoms with Crippen LogP contribution in [0.15, 0.2) is 47.4 Å². The number of aromatic nitrogens is 1. The van der Waals surface area contributed by atoms with Gasteiger partial charge in [-0.15, -0.1) is 0 Å². The molecule has 2 aliphatic heterocycles. The van der Waals surface area contributed by atoms with Gasteiger partial charge < -0.3 is 29.6 Å². The van der Waals surface area contributed by atoms with Crippen LogP contribution in [-0.2, 0) is 21.1 Å². The predicted molar refractivity (Wildman–Crippen MR) is 178 cm³/mol. The minimum absolute atomic E-state index is 0.0285. The molecule has 256 valence electrons. The molecule has 0 atom stereocenters. The molecular formula is C35H40F3N5O4S. The summed E-state index contributed by atoms with van der Waals surface area (Å²) in [5.41, 5.74) is 2.31. The summed E-state index contributed by atoms with van der Waals surface area (Å²) in [7, 11) is -3.51. The first-order valence-corrected chi connectivity index (χ1v) is 18.2. The number of nitrogens with one attached hydrogen (secondary N) is 2. The average molecular weight is 684 g/mol. The maximum atomic E-state index is 13.7.